The number of methoxy groups -OCH3 is 3. The topological polar surface area (TPSA) is 83.1 Å². The lowest BCUT2D eigenvalue weighted by molar-refractivity contribution is -0.146. The number of ether oxygens (including phenoxy) is 4. The third kappa shape index (κ3) is 5.41. The zero-order chi connectivity index (χ0) is 18.9. The first kappa shape index (κ1) is 19.1. The minimum absolute atomic E-state index is 0.0770. The zero-order valence-electron chi connectivity index (χ0n) is 14.9. The number of esters is 1. The first-order chi connectivity index (χ1) is 12.5. The van der Waals surface area contributed by atoms with Gasteiger partial charge in [-0.2, -0.15) is 0 Å². The van der Waals surface area contributed by atoms with Gasteiger partial charge in [0.25, 0.3) is 5.91 Å². The van der Waals surface area contributed by atoms with Crippen molar-refractivity contribution in [3.8, 4) is 17.2 Å². The van der Waals surface area contributed by atoms with Crippen LogP contribution in [0.5, 0.6) is 17.2 Å². The molecule has 1 amide bonds. The fraction of sp³-hybridized carbons (Fsp3) is 0.263. The first-order valence-electron chi connectivity index (χ1n) is 7.86. The van der Waals surface area contributed by atoms with E-state index < -0.39 is 11.9 Å². The summed E-state index contributed by atoms with van der Waals surface area (Å²) in [4.78, 5) is 23.8. The molecule has 7 heteroatoms. The fourth-order valence-electron chi connectivity index (χ4n) is 2.22. The smallest absolute Gasteiger partial charge is 0.310 e. The molecule has 1 N–H and O–H groups in total. The average molecular weight is 359 g/mol. The Morgan fingerprint density at radius 3 is 2.19 bits per heavy atom. The van der Waals surface area contributed by atoms with E-state index in [0.29, 0.717) is 22.9 Å². The monoisotopic (exact) mass is 359 g/mol. The van der Waals surface area contributed by atoms with E-state index in [1.54, 1.807) is 49.6 Å². The zero-order valence-corrected chi connectivity index (χ0v) is 14.9. The number of carbonyl (C=O) groups is 2. The molecule has 0 heterocycles. The van der Waals surface area contributed by atoms with E-state index in [4.69, 9.17) is 18.9 Å². The Balaban J connectivity index is 1.83. The van der Waals surface area contributed by atoms with Gasteiger partial charge in [0.05, 0.1) is 27.8 Å². The van der Waals surface area contributed by atoms with E-state index in [0.717, 1.165) is 5.56 Å². The maximum Gasteiger partial charge on any atom is 0.310 e. The lowest BCUT2D eigenvalue weighted by Crippen LogP contribution is -2.21. The van der Waals surface area contributed by atoms with Gasteiger partial charge < -0.3 is 24.3 Å². The van der Waals surface area contributed by atoms with Crippen molar-refractivity contribution in [2.24, 2.45) is 0 Å². The van der Waals surface area contributed by atoms with Crippen LogP contribution in [0.1, 0.15) is 5.56 Å². The van der Waals surface area contributed by atoms with E-state index in [9.17, 15) is 9.59 Å². The van der Waals surface area contributed by atoms with Crippen molar-refractivity contribution in [3.05, 3.63) is 48.0 Å². The molecule has 0 fully saturated rings. The van der Waals surface area contributed by atoms with Gasteiger partial charge in [-0.15, -0.1) is 0 Å². The molecule has 0 bridgehead atoms. The van der Waals surface area contributed by atoms with Crippen molar-refractivity contribution in [2.75, 3.05) is 33.3 Å². The molecule has 0 saturated heterocycles. The Morgan fingerprint density at radius 2 is 1.58 bits per heavy atom. The molecule has 0 aromatic heterocycles. The van der Waals surface area contributed by atoms with E-state index >= 15 is 0 Å². The molecular weight excluding hydrogens is 338 g/mol. The summed E-state index contributed by atoms with van der Waals surface area (Å²) < 4.78 is 20.4. The number of hydrogen-bond acceptors (Lipinski definition) is 6. The highest BCUT2D eigenvalue weighted by molar-refractivity contribution is 5.93. The molecule has 0 atom stereocenters. The molecule has 2 aromatic rings. The molecule has 0 aliphatic rings. The number of carbonyl (C=O) groups excluding carboxylic acids is 2. The summed E-state index contributed by atoms with van der Waals surface area (Å²) in [7, 11) is 4.60. The Labute approximate surface area is 151 Å². The third-order valence-electron chi connectivity index (χ3n) is 3.54. The SMILES string of the molecule is COc1ccc(CC(=O)OCC(=O)Nc2ccc(OC)c(OC)c2)cc1. The van der Waals surface area contributed by atoms with Gasteiger partial charge in [0, 0.05) is 11.8 Å². The van der Waals surface area contributed by atoms with Gasteiger partial charge in [-0.3, -0.25) is 9.59 Å². The summed E-state index contributed by atoms with van der Waals surface area (Å²) in [6.45, 7) is -0.372. The molecule has 2 aromatic carbocycles. The number of amides is 1. The molecule has 0 radical (unpaired) electrons. The Bertz CT molecular complexity index is 757. The lowest BCUT2D eigenvalue weighted by atomic mass is 10.1. The molecular formula is C19H21NO6. The largest absolute Gasteiger partial charge is 0.497 e. The molecule has 0 spiro atoms. The van der Waals surface area contributed by atoms with Gasteiger partial charge in [-0.25, -0.2) is 0 Å². The maximum absolute atomic E-state index is 11.9. The highest BCUT2D eigenvalue weighted by Gasteiger charge is 2.11. The van der Waals surface area contributed by atoms with Gasteiger partial charge in [0.15, 0.2) is 18.1 Å². The van der Waals surface area contributed by atoms with E-state index in [1.165, 1.54) is 14.2 Å². The Kier molecular flexibility index (Phi) is 6.84. The fourth-order valence-corrected chi connectivity index (χ4v) is 2.22. The van der Waals surface area contributed by atoms with Crippen LogP contribution in [0.3, 0.4) is 0 Å². The van der Waals surface area contributed by atoms with E-state index in [-0.39, 0.29) is 13.0 Å². The number of benzene rings is 2. The number of anilines is 1. The summed E-state index contributed by atoms with van der Waals surface area (Å²) in [6, 6.07) is 12.0. The van der Waals surface area contributed by atoms with Crippen LogP contribution in [0, 0.1) is 0 Å². The van der Waals surface area contributed by atoms with Crippen LogP contribution in [0.15, 0.2) is 42.5 Å². The van der Waals surface area contributed by atoms with Crippen molar-refractivity contribution in [3.63, 3.8) is 0 Å². The second-order valence-corrected chi connectivity index (χ2v) is 5.30. The summed E-state index contributed by atoms with van der Waals surface area (Å²) in [6.07, 6.45) is 0.0770. The Morgan fingerprint density at radius 1 is 0.885 bits per heavy atom. The van der Waals surface area contributed by atoms with Gasteiger partial charge in [0.1, 0.15) is 5.75 Å². The van der Waals surface area contributed by atoms with Crippen molar-refractivity contribution in [1.29, 1.82) is 0 Å². The van der Waals surface area contributed by atoms with Crippen molar-refractivity contribution in [2.45, 2.75) is 6.42 Å². The number of rotatable bonds is 8. The summed E-state index contributed by atoms with van der Waals surface area (Å²) >= 11 is 0. The second-order valence-electron chi connectivity index (χ2n) is 5.30. The second kappa shape index (κ2) is 9.31. The molecule has 26 heavy (non-hydrogen) atoms. The van der Waals surface area contributed by atoms with Gasteiger partial charge in [-0.1, -0.05) is 12.1 Å². The van der Waals surface area contributed by atoms with Gasteiger partial charge >= 0.3 is 5.97 Å². The minimum Gasteiger partial charge on any atom is -0.497 e. The average Bonchev–Trinajstić information content (AvgIpc) is 2.67. The molecule has 7 nitrogen and oxygen atoms in total. The van der Waals surface area contributed by atoms with Gasteiger partial charge in [0.2, 0.25) is 0 Å². The third-order valence-corrected chi connectivity index (χ3v) is 3.54. The van der Waals surface area contributed by atoms with Crippen LogP contribution in [0.25, 0.3) is 0 Å². The highest BCUT2D eigenvalue weighted by Crippen LogP contribution is 2.29. The van der Waals surface area contributed by atoms with Crippen LogP contribution in [-0.2, 0) is 20.7 Å². The summed E-state index contributed by atoms with van der Waals surface area (Å²) in [5.74, 6) is 0.813. The Hall–Kier alpha value is -3.22. The lowest BCUT2D eigenvalue weighted by Gasteiger charge is -2.11. The van der Waals surface area contributed by atoms with Crippen LogP contribution < -0.4 is 19.5 Å². The van der Waals surface area contributed by atoms with Crippen molar-refractivity contribution >= 4 is 17.6 Å². The molecule has 138 valence electrons. The van der Waals surface area contributed by atoms with Crippen LogP contribution in [0.2, 0.25) is 0 Å². The van der Waals surface area contributed by atoms with Crippen molar-refractivity contribution < 1.29 is 28.5 Å². The molecule has 0 unspecified atom stereocenters. The quantitative estimate of drug-likeness (QED) is 0.729. The molecule has 2 rings (SSSR count). The normalized spacial score (nSPS) is 9.96. The summed E-state index contributed by atoms with van der Waals surface area (Å²) in [5.41, 5.74) is 1.29. The van der Waals surface area contributed by atoms with E-state index in [2.05, 4.69) is 5.32 Å². The number of nitrogens with one attached hydrogen (secondary N) is 1. The predicted molar refractivity (Wildman–Crippen MR) is 95.8 cm³/mol. The highest BCUT2D eigenvalue weighted by atomic mass is 16.5. The van der Waals surface area contributed by atoms with Crippen LogP contribution in [-0.4, -0.2) is 39.8 Å². The predicted octanol–water partition coefficient (Wildman–Crippen LogP) is 2.44. The molecule has 0 saturated carbocycles. The standard InChI is InChI=1S/C19H21NO6/c1-23-15-7-4-13(5-8-15)10-19(22)26-12-18(21)20-14-6-9-16(24-2)17(11-14)25-3/h4-9,11H,10,12H2,1-3H3,(H,20,21). The minimum atomic E-state index is -0.488. The van der Waals surface area contributed by atoms with Crippen LogP contribution in [0.4, 0.5) is 5.69 Å². The summed E-state index contributed by atoms with van der Waals surface area (Å²) in [5, 5.41) is 2.63. The van der Waals surface area contributed by atoms with Crippen LogP contribution >= 0.6 is 0 Å². The number of hydrogen-bond donors (Lipinski definition) is 1. The maximum atomic E-state index is 11.9. The van der Waals surface area contributed by atoms with E-state index in [1.807, 2.05) is 0 Å². The van der Waals surface area contributed by atoms with Crippen molar-refractivity contribution in [1.82, 2.24) is 0 Å². The molecule has 0 aliphatic carbocycles. The molecule has 0 aliphatic heterocycles. The first-order valence-corrected chi connectivity index (χ1v) is 7.86. The van der Waals surface area contributed by atoms with Gasteiger partial charge in [-0.05, 0) is 29.8 Å².